The van der Waals surface area contributed by atoms with Gasteiger partial charge < -0.3 is 9.47 Å². The highest BCUT2D eigenvalue weighted by molar-refractivity contribution is 5.89. The zero-order chi connectivity index (χ0) is 17.6. The van der Waals surface area contributed by atoms with E-state index in [1.54, 1.807) is 48.8 Å². The van der Waals surface area contributed by atoms with Crippen LogP contribution in [0.25, 0.3) is 0 Å². The summed E-state index contributed by atoms with van der Waals surface area (Å²) in [6, 6.07) is 13.0. The Morgan fingerprint density at radius 3 is 2.48 bits per heavy atom. The topological polar surface area (TPSA) is 48.4 Å². The van der Waals surface area contributed by atoms with E-state index < -0.39 is 17.6 Å². The van der Waals surface area contributed by atoms with Gasteiger partial charge in [-0.05, 0) is 30.3 Å². The predicted molar refractivity (Wildman–Crippen MR) is 86.2 cm³/mol. The molecule has 0 amide bonds. The van der Waals surface area contributed by atoms with Gasteiger partial charge in [0.05, 0.1) is 11.8 Å². The number of pyridine rings is 1. The van der Waals surface area contributed by atoms with Crippen LogP contribution in [0.5, 0.6) is 11.5 Å². The molecule has 0 fully saturated rings. The van der Waals surface area contributed by atoms with Gasteiger partial charge in [0.2, 0.25) is 0 Å². The van der Waals surface area contributed by atoms with Crippen molar-refractivity contribution in [2.45, 2.75) is 6.61 Å². The summed E-state index contributed by atoms with van der Waals surface area (Å²) in [5, 5.41) is 0. The summed E-state index contributed by atoms with van der Waals surface area (Å²) in [6.45, 7) is -0.104. The molecule has 0 radical (unpaired) electrons. The summed E-state index contributed by atoms with van der Waals surface area (Å²) in [5.41, 5.74) is 0.416. The fourth-order valence-corrected chi connectivity index (χ4v) is 2.16. The van der Waals surface area contributed by atoms with Crippen molar-refractivity contribution in [3.63, 3.8) is 0 Å². The Morgan fingerprint density at radius 1 is 1.00 bits per heavy atom. The van der Waals surface area contributed by atoms with Crippen LogP contribution in [0, 0.1) is 11.6 Å². The van der Waals surface area contributed by atoms with E-state index in [1.807, 2.05) is 0 Å². The number of rotatable bonds is 5. The minimum Gasteiger partial charge on any atom is -0.457 e. The molecule has 0 saturated carbocycles. The Labute approximate surface area is 142 Å². The number of carbonyl (C=O) groups excluding carboxylic acids is 1. The smallest absolute Gasteiger partial charge is 0.338 e. The highest BCUT2D eigenvalue weighted by Crippen LogP contribution is 2.25. The minimum absolute atomic E-state index is 0.104. The molecule has 4 nitrogen and oxygen atoms in total. The first kappa shape index (κ1) is 16.6. The van der Waals surface area contributed by atoms with Gasteiger partial charge in [0, 0.05) is 17.8 Å². The normalized spacial score (nSPS) is 10.3. The summed E-state index contributed by atoms with van der Waals surface area (Å²) in [7, 11) is 0. The van der Waals surface area contributed by atoms with Gasteiger partial charge in [0.1, 0.15) is 29.7 Å². The second-order valence-electron chi connectivity index (χ2n) is 5.13. The molecule has 25 heavy (non-hydrogen) atoms. The van der Waals surface area contributed by atoms with E-state index in [9.17, 15) is 13.6 Å². The molecule has 0 saturated heterocycles. The third-order valence-electron chi connectivity index (χ3n) is 3.29. The highest BCUT2D eigenvalue weighted by atomic mass is 19.1. The molecule has 3 aromatic rings. The van der Waals surface area contributed by atoms with Crippen molar-refractivity contribution in [1.29, 1.82) is 0 Å². The molecule has 3 rings (SSSR count). The van der Waals surface area contributed by atoms with Gasteiger partial charge in [0.25, 0.3) is 0 Å². The van der Waals surface area contributed by atoms with Gasteiger partial charge in [-0.15, -0.1) is 0 Å². The SMILES string of the molecule is O=C(OCc1ccccc1Oc1cccnc1)c1cc(F)cc(F)c1. The summed E-state index contributed by atoms with van der Waals surface area (Å²) in [6.07, 6.45) is 3.18. The zero-order valence-electron chi connectivity index (χ0n) is 13.0. The number of ether oxygens (including phenoxy) is 2. The molecule has 0 N–H and O–H groups in total. The number of benzene rings is 2. The molecule has 2 aromatic carbocycles. The van der Waals surface area contributed by atoms with E-state index in [-0.39, 0.29) is 12.2 Å². The summed E-state index contributed by atoms with van der Waals surface area (Å²) in [4.78, 5) is 15.9. The average molecular weight is 341 g/mol. The Hall–Kier alpha value is -3.28. The molecule has 0 unspecified atom stereocenters. The van der Waals surface area contributed by atoms with Gasteiger partial charge in [-0.1, -0.05) is 18.2 Å². The van der Waals surface area contributed by atoms with E-state index in [4.69, 9.17) is 9.47 Å². The maximum atomic E-state index is 13.2. The van der Waals surface area contributed by atoms with Crippen molar-refractivity contribution >= 4 is 5.97 Å². The van der Waals surface area contributed by atoms with Gasteiger partial charge >= 0.3 is 5.97 Å². The van der Waals surface area contributed by atoms with Crippen molar-refractivity contribution in [3.05, 3.63) is 89.8 Å². The lowest BCUT2D eigenvalue weighted by molar-refractivity contribution is 0.0469. The van der Waals surface area contributed by atoms with Gasteiger partial charge in [-0.25, -0.2) is 13.6 Å². The van der Waals surface area contributed by atoms with Crippen LogP contribution in [0.3, 0.4) is 0 Å². The lowest BCUT2D eigenvalue weighted by Gasteiger charge is -2.11. The Morgan fingerprint density at radius 2 is 1.76 bits per heavy atom. The third-order valence-corrected chi connectivity index (χ3v) is 3.29. The number of para-hydroxylation sites is 1. The average Bonchev–Trinajstić information content (AvgIpc) is 2.61. The molecule has 0 aliphatic rings. The Balaban J connectivity index is 1.72. The number of aromatic nitrogens is 1. The molecule has 6 heteroatoms. The molecule has 0 atom stereocenters. The third kappa shape index (κ3) is 4.38. The van der Waals surface area contributed by atoms with Crippen LogP contribution in [0.2, 0.25) is 0 Å². The van der Waals surface area contributed by atoms with Crippen molar-refractivity contribution < 1.29 is 23.0 Å². The molecular formula is C19H13F2NO3. The van der Waals surface area contributed by atoms with Gasteiger partial charge in [-0.2, -0.15) is 0 Å². The number of carbonyl (C=O) groups is 1. The Bertz CT molecular complexity index is 865. The maximum Gasteiger partial charge on any atom is 0.338 e. The zero-order valence-corrected chi connectivity index (χ0v) is 13.0. The van der Waals surface area contributed by atoms with Crippen LogP contribution in [-0.4, -0.2) is 11.0 Å². The summed E-state index contributed by atoms with van der Waals surface area (Å²) in [5.74, 6) is -1.48. The second-order valence-corrected chi connectivity index (χ2v) is 5.13. The first-order valence-corrected chi connectivity index (χ1v) is 7.41. The molecule has 0 spiro atoms. The molecule has 0 bridgehead atoms. The van der Waals surface area contributed by atoms with E-state index in [1.165, 1.54) is 0 Å². The van der Waals surface area contributed by atoms with Crippen LogP contribution in [0.15, 0.2) is 67.0 Å². The molecule has 126 valence electrons. The fourth-order valence-electron chi connectivity index (χ4n) is 2.16. The number of esters is 1. The first-order valence-electron chi connectivity index (χ1n) is 7.41. The van der Waals surface area contributed by atoms with Crippen LogP contribution >= 0.6 is 0 Å². The largest absolute Gasteiger partial charge is 0.457 e. The molecule has 1 aromatic heterocycles. The van der Waals surface area contributed by atoms with Crippen molar-refractivity contribution in [2.24, 2.45) is 0 Å². The Kier molecular flexibility index (Phi) is 4.99. The van der Waals surface area contributed by atoms with Gasteiger partial charge in [-0.3, -0.25) is 4.98 Å². The minimum atomic E-state index is -0.840. The lowest BCUT2D eigenvalue weighted by atomic mass is 10.2. The highest BCUT2D eigenvalue weighted by Gasteiger charge is 2.12. The maximum absolute atomic E-state index is 13.2. The first-order chi connectivity index (χ1) is 12.1. The van der Waals surface area contributed by atoms with Crippen molar-refractivity contribution in [1.82, 2.24) is 4.98 Å². The molecular weight excluding hydrogens is 328 g/mol. The number of halogens is 2. The van der Waals surface area contributed by atoms with Crippen molar-refractivity contribution in [2.75, 3.05) is 0 Å². The van der Waals surface area contributed by atoms with Crippen LogP contribution < -0.4 is 4.74 Å². The van der Waals surface area contributed by atoms with Crippen LogP contribution in [0.4, 0.5) is 8.78 Å². The summed E-state index contributed by atoms with van der Waals surface area (Å²) < 4.78 is 37.2. The number of hydrogen-bond donors (Lipinski definition) is 0. The van der Waals surface area contributed by atoms with Crippen LogP contribution in [-0.2, 0) is 11.3 Å². The predicted octanol–water partition coefficient (Wildman–Crippen LogP) is 4.51. The van der Waals surface area contributed by atoms with E-state index >= 15 is 0 Å². The second kappa shape index (κ2) is 7.53. The van der Waals surface area contributed by atoms with Crippen LogP contribution in [0.1, 0.15) is 15.9 Å². The quantitative estimate of drug-likeness (QED) is 0.641. The van der Waals surface area contributed by atoms with Crippen molar-refractivity contribution in [3.8, 4) is 11.5 Å². The van der Waals surface area contributed by atoms with E-state index in [0.717, 1.165) is 12.1 Å². The summed E-state index contributed by atoms with van der Waals surface area (Å²) >= 11 is 0. The molecule has 1 heterocycles. The fraction of sp³-hybridized carbons (Fsp3) is 0.0526. The number of hydrogen-bond acceptors (Lipinski definition) is 4. The monoisotopic (exact) mass is 341 g/mol. The molecule has 0 aliphatic heterocycles. The molecule has 0 aliphatic carbocycles. The number of nitrogens with zero attached hydrogens (tertiary/aromatic N) is 1. The van der Waals surface area contributed by atoms with E-state index in [2.05, 4.69) is 4.98 Å². The lowest BCUT2D eigenvalue weighted by Crippen LogP contribution is -2.07. The van der Waals surface area contributed by atoms with E-state index in [0.29, 0.717) is 23.1 Å². The van der Waals surface area contributed by atoms with Gasteiger partial charge in [0.15, 0.2) is 0 Å². The standard InChI is InChI=1S/C19H13F2NO3/c20-15-8-14(9-16(21)10-15)19(23)24-12-13-4-1-2-6-18(13)25-17-5-3-7-22-11-17/h1-11H,12H2.